The Bertz CT molecular complexity index is 411. The topological polar surface area (TPSA) is 63.2 Å². The zero-order chi connectivity index (χ0) is 22.3. The van der Waals surface area contributed by atoms with Crippen LogP contribution in [0.5, 0.6) is 0 Å². The molecule has 1 atom stereocenters. The van der Waals surface area contributed by atoms with Crippen LogP contribution < -0.4 is 0 Å². The molecule has 0 aromatic carbocycles. The molecule has 0 aliphatic heterocycles. The van der Waals surface area contributed by atoms with Crippen molar-refractivity contribution in [2.45, 2.75) is 79.1 Å². The molecule has 0 rings (SSSR count). The van der Waals surface area contributed by atoms with E-state index in [4.69, 9.17) is 23.7 Å². The molecule has 0 fully saturated rings. The quantitative estimate of drug-likeness (QED) is 0.132. The van der Waals surface area contributed by atoms with Gasteiger partial charge in [-0.15, -0.1) is 0 Å². The van der Waals surface area contributed by atoms with Gasteiger partial charge in [0, 0.05) is 0 Å². The highest BCUT2D eigenvalue weighted by atomic mass is 16.6. The molecule has 0 N–H and O–H groups in total. The van der Waals surface area contributed by atoms with Gasteiger partial charge in [-0.25, -0.2) is 0 Å². The number of hydrogen-bond acceptors (Lipinski definition) is 6. The highest BCUT2D eigenvalue weighted by Gasteiger charge is 2.16. The van der Waals surface area contributed by atoms with Crippen molar-refractivity contribution >= 4 is 5.97 Å². The molecule has 6 heteroatoms. The fourth-order valence-corrected chi connectivity index (χ4v) is 2.81. The fourth-order valence-electron chi connectivity index (χ4n) is 2.81. The van der Waals surface area contributed by atoms with Crippen LogP contribution in [0.1, 0.15) is 79.1 Å². The summed E-state index contributed by atoms with van der Waals surface area (Å²) in [7, 11) is 0. The summed E-state index contributed by atoms with van der Waals surface area (Å²) in [5, 5.41) is 0. The van der Waals surface area contributed by atoms with Gasteiger partial charge < -0.3 is 23.7 Å². The van der Waals surface area contributed by atoms with E-state index in [-0.39, 0.29) is 11.9 Å². The molecule has 1 unspecified atom stereocenters. The maximum atomic E-state index is 11.9. The van der Waals surface area contributed by atoms with Gasteiger partial charge in [0.1, 0.15) is 13.2 Å². The number of ether oxygens (including phenoxy) is 5. The highest BCUT2D eigenvalue weighted by molar-refractivity contribution is 5.72. The van der Waals surface area contributed by atoms with Gasteiger partial charge in [0.15, 0.2) is 0 Å². The maximum absolute atomic E-state index is 11.9. The van der Waals surface area contributed by atoms with E-state index in [1.165, 1.54) is 18.4 Å². The van der Waals surface area contributed by atoms with E-state index in [1.807, 2.05) is 13.2 Å². The van der Waals surface area contributed by atoms with E-state index in [0.29, 0.717) is 52.9 Å². The molecule has 6 nitrogen and oxygen atoms in total. The normalized spacial score (nSPS) is 12.7. The molecule has 178 valence electrons. The Hall–Kier alpha value is -1.11. The van der Waals surface area contributed by atoms with Gasteiger partial charge in [0.25, 0.3) is 0 Å². The van der Waals surface area contributed by atoms with Gasteiger partial charge in [-0.2, -0.15) is 0 Å². The van der Waals surface area contributed by atoms with Crippen LogP contribution >= 0.6 is 0 Å². The van der Waals surface area contributed by atoms with Crippen LogP contribution in [0.2, 0.25) is 0 Å². The molecule has 0 saturated heterocycles. The number of allylic oxidation sites excluding steroid dienone is 1. The average molecular weight is 431 g/mol. The minimum Gasteiger partial charge on any atom is -0.499 e. The second-order valence-corrected chi connectivity index (χ2v) is 7.36. The van der Waals surface area contributed by atoms with Crippen LogP contribution in [0.25, 0.3) is 0 Å². The van der Waals surface area contributed by atoms with E-state index < -0.39 is 0 Å². The van der Waals surface area contributed by atoms with E-state index in [1.54, 1.807) is 0 Å². The van der Waals surface area contributed by atoms with Gasteiger partial charge in [0.05, 0.1) is 51.8 Å². The molecule has 30 heavy (non-hydrogen) atoms. The zero-order valence-electron chi connectivity index (χ0n) is 19.9. The number of rotatable bonds is 22. The number of esters is 1. The van der Waals surface area contributed by atoms with Gasteiger partial charge in [-0.05, 0) is 37.7 Å². The van der Waals surface area contributed by atoms with E-state index in [9.17, 15) is 4.79 Å². The van der Waals surface area contributed by atoms with Crippen molar-refractivity contribution in [2.24, 2.45) is 5.92 Å². The third-order valence-corrected chi connectivity index (χ3v) is 4.85. The fraction of sp³-hybridized carbons (Fsp3) is 0.875. The number of carbonyl (C=O) groups excluding carboxylic acids is 1. The largest absolute Gasteiger partial charge is 0.499 e. The second-order valence-electron chi connectivity index (χ2n) is 7.36. The molecular weight excluding hydrogens is 384 g/mol. The monoisotopic (exact) mass is 430 g/mol. The maximum Gasteiger partial charge on any atom is 0.308 e. The summed E-state index contributed by atoms with van der Waals surface area (Å²) in [6, 6.07) is 0. The van der Waals surface area contributed by atoms with Crippen molar-refractivity contribution in [1.82, 2.24) is 0 Å². The molecule has 0 amide bonds. The number of carbonyl (C=O) groups is 1. The van der Waals surface area contributed by atoms with Gasteiger partial charge in [-0.1, -0.05) is 47.0 Å². The first kappa shape index (κ1) is 28.9. The summed E-state index contributed by atoms with van der Waals surface area (Å²) >= 11 is 0. The summed E-state index contributed by atoms with van der Waals surface area (Å²) in [5.41, 5.74) is 1.36. The van der Waals surface area contributed by atoms with Crippen molar-refractivity contribution in [3.63, 3.8) is 0 Å². The molecule has 0 spiro atoms. The predicted octanol–water partition coefficient (Wildman–Crippen LogP) is 5.30. The summed E-state index contributed by atoms with van der Waals surface area (Å²) in [6.07, 6.45) is 10.4. The lowest BCUT2D eigenvalue weighted by molar-refractivity contribution is -0.150. The standard InChI is InChI=1S/C24H46O6/c1-5-9-11-22(7-3)21-29-18-17-27-14-13-26-15-16-28-19-20-30-24(25)23(8-4)12-10-6-2/h21,23H,5-20H2,1-4H3/b22-21-. The summed E-state index contributed by atoms with van der Waals surface area (Å²) in [4.78, 5) is 11.9. The molecule has 0 aromatic rings. The van der Waals surface area contributed by atoms with E-state index in [2.05, 4.69) is 20.8 Å². The van der Waals surface area contributed by atoms with Crippen LogP contribution in [0.3, 0.4) is 0 Å². The lowest BCUT2D eigenvalue weighted by atomic mass is 10.00. The first-order chi connectivity index (χ1) is 14.7. The van der Waals surface area contributed by atoms with Crippen molar-refractivity contribution < 1.29 is 28.5 Å². The Labute approximate surface area is 184 Å². The zero-order valence-corrected chi connectivity index (χ0v) is 19.9. The Kier molecular flexibility index (Phi) is 21.7. The van der Waals surface area contributed by atoms with Crippen molar-refractivity contribution in [3.05, 3.63) is 11.8 Å². The van der Waals surface area contributed by atoms with E-state index >= 15 is 0 Å². The molecule has 0 aliphatic carbocycles. The van der Waals surface area contributed by atoms with Gasteiger partial charge >= 0.3 is 5.97 Å². The number of hydrogen-bond donors (Lipinski definition) is 0. The Morgan fingerprint density at radius 3 is 1.87 bits per heavy atom. The molecule has 0 aromatic heterocycles. The summed E-state index contributed by atoms with van der Waals surface area (Å²) < 4.78 is 27.2. The highest BCUT2D eigenvalue weighted by Crippen LogP contribution is 2.14. The van der Waals surface area contributed by atoms with Crippen LogP contribution in [-0.4, -0.2) is 58.8 Å². The van der Waals surface area contributed by atoms with E-state index in [0.717, 1.165) is 38.5 Å². The molecular formula is C24H46O6. The molecule has 0 saturated carbocycles. The van der Waals surface area contributed by atoms with Crippen LogP contribution in [-0.2, 0) is 28.5 Å². The second kappa shape index (κ2) is 22.6. The van der Waals surface area contributed by atoms with Crippen LogP contribution in [0.15, 0.2) is 11.8 Å². The predicted molar refractivity (Wildman–Crippen MR) is 121 cm³/mol. The first-order valence-corrected chi connectivity index (χ1v) is 11.9. The van der Waals surface area contributed by atoms with Crippen molar-refractivity contribution in [3.8, 4) is 0 Å². The third kappa shape index (κ3) is 17.7. The lowest BCUT2D eigenvalue weighted by Gasteiger charge is -2.13. The first-order valence-electron chi connectivity index (χ1n) is 11.9. The minimum absolute atomic E-state index is 0.0180. The van der Waals surface area contributed by atoms with Gasteiger partial charge in [-0.3, -0.25) is 4.79 Å². The third-order valence-electron chi connectivity index (χ3n) is 4.85. The molecule has 0 radical (unpaired) electrons. The summed E-state index contributed by atoms with van der Waals surface area (Å²) in [6.45, 7) is 12.4. The smallest absolute Gasteiger partial charge is 0.308 e. The summed E-state index contributed by atoms with van der Waals surface area (Å²) in [5.74, 6) is -0.0845. The molecule has 0 aliphatic rings. The van der Waals surface area contributed by atoms with Crippen molar-refractivity contribution in [1.29, 1.82) is 0 Å². The van der Waals surface area contributed by atoms with Crippen LogP contribution in [0, 0.1) is 5.92 Å². The Balaban J connectivity index is 3.42. The molecule has 0 bridgehead atoms. The Morgan fingerprint density at radius 2 is 1.33 bits per heavy atom. The van der Waals surface area contributed by atoms with Crippen molar-refractivity contribution in [2.75, 3.05) is 52.9 Å². The average Bonchev–Trinajstić information content (AvgIpc) is 2.76. The Morgan fingerprint density at radius 1 is 0.767 bits per heavy atom. The SMILES string of the molecule is CCCC/C(=C\OCCOCCOCCOCCOC(=O)C(CC)CCCC)CC. The minimum atomic E-state index is -0.103. The molecule has 0 heterocycles. The lowest BCUT2D eigenvalue weighted by Crippen LogP contribution is -2.20. The van der Waals surface area contributed by atoms with Crippen LogP contribution in [0.4, 0.5) is 0 Å². The van der Waals surface area contributed by atoms with Gasteiger partial charge in [0.2, 0.25) is 0 Å². The number of unbranched alkanes of at least 4 members (excludes halogenated alkanes) is 2.